The highest BCUT2D eigenvalue weighted by molar-refractivity contribution is 5.95. The van der Waals surface area contributed by atoms with E-state index in [9.17, 15) is 27.6 Å². The fourth-order valence-corrected chi connectivity index (χ4v) is 3.76. The molecule has 3 aromatic rings. The van der Waals surface area contributed by atoms with Gasteiger partial charge < -0.3 is 29.6 Å². The normalized spacial score (nSPS) is 14.7. The number of anilines is 1. The molecular formula is C25H22F3N3O7. The number of H-pyrrole nitrogens is 1. The maximum atomic E-state index is 13.4. The maximum Gasteiger partial charge on any atom is 0.420 e. The number of ether oxygens (including phenoxy) is 3. The van der Waals surface area contributed by atoms with Gasteiger partial charge in [0.05, 0.1) is 31.9 Å². The molecular weight excluding hydrogens is 511 g/mol. The molecule has 10 nitrogen and oxygen atoms in total. The Hall–Kier alpha value is -4.36. The molecule has 0 spiro atoms. The summed E-state index contributed by atoms with van der Waals surface area (Å²) < 4.78 is 55.3. The molecule has 0 atom stereocenters. The number of aromatic nitrogens is 1. The number of halogens is 3. The summed E-state index contributed by atoms with van der Waals surface area (Å²) in [5, 5.41) is 11.5. The lowest BCUT2D eigenvalue weighted by molar-refractivity contribution is -0.137. The molecule has 1 fully saturated rings. The van der Waals surface area contributed by atoms with Crippen LogP contribution in [0.3, 0.4) is 0 Å². The molecule has 2 heterocycles. The number of benzene rings is 2. The van der Waals surface area contributed by atoms with Crippen molar-refractivity contribution in [2.45, 2.75) is 6.18 Å². The van der Waals surface area contributed by atoms with E-state index in [1.165, 1.54) is 47.4 Å². The molecule has 1 aliphatic heterocycles. The number of aliphatic hydroxyl groups is 1. The molecule has 1 aromatic heterocycles. The van der Waals surface area contributed by atoms with Crippen molar-refractivity contribution in [2.24, 2.45) is 0 Å². The standard InChI is InChI=1S/C25H22F3N3O7/c26-25(27,28)20-4-2-1-3-18(20)21-11-15-5-6-16(12-19(15)22(33)30-21)31-13-17(38-24(31)35)14-37-23(34)29-7-9-36-10-8-32/h1-6,11-12,14,32H,7-10,13H2,(H,29,34)(H,30,33)/b17-14-. The number of aromatic amines is 1. The number of carbonyl (C=O) groups excluding carboxylic acids is 2. The zero-order valence-corrected chi connectivity index (χ0v) is 19.7. The van der Waals surface area contributed by atoms with Gasteiger partial charge in [-0.25, -0.2) is 9.59 Å². The summed E-state index contributed by atoms with van der Waals surface area (Å²) in [6.45, 7) is 0.226. The molecule has 0 radical (unpaired) electrons. The third kappa shape index (κ3) is 6.12. The van der Waals surface area contributed by atoms with Gasteiger partial charge in [-0.3, -0.25) is 9.69 Å². The first kappa shape index (κ1) is 26.7. The Kier molecular flexibility index (Phi) is 7.98. The average molecular weight is 533 g/mol. The average Bonchev–Trinajstić information content (AvgIpc) is 3.27. The predicted molar refractivity (Wildman–Crippen MR) is 129 cm³/mol. The van der Waals surface area contributed by atoms with Crippen LogP contribution in [0.5, 0.6) is 0 Å². The molecule has 2 aromatic carbocycles. The lowest BCUT2D eigenvalue weighted by Crippen LogP contribution is -2.27. The highest BCUT2D eigenvalue weighted by Gasteiger charge is 2.34. The first-order valence-corrected chi connectivity index (χ1v) is 11.3. The zero-order chi connectivity index (χ0) is 27.3. The second-order valence-corrected chi connectivity index (χ2v) is 8.03. The molecule has 0 bridgehead atoms. The van der Waals surface area contributed by atoms with Crippen molar-refractivity contribution in [1.29, 1.82) is 0 Å². The van der Waals surface area contributed by atoms with Gasteiger partial charge in [0.1, 0.15) is 6.26 Å². The number of hydrogen-bond acceptors (Lipinski definition) is 7. The summed E-state index contributed by atoms with van der Waals surface area (Å²) in [5.41, 5.74) is -1.38. The van der Waals surface area contributed by atoms with Crippen LogP contribution in [0.25, 0.3) is 22.0 Å². The number of fused-ring (bicyclic) bond motifs is 1. The number of amides is 2. The molecule has 3 N–H and O–H groups in total. The number of alkyl halides is 3. The molecule has 0 unspecified atom stereocenters. The quantitative estimate of drug-likeness (QED) is 0.297. The Morgan fingerprint density at radius 3 is 2.71 bits per heavy atom. The van der Waals surface area contributed by atoms with Crippen molar-refractivity contribution in [3.05, 3.63) is 76.5 Å². The van der Waals surface area contributed by atoms with Gasteiger partial charge in [0.2, 0.25) is 0 Å². The fraction of sp³-hybridized carbons (Fsp3) is 0.240. The van der Waals surface area contributed by atoms with E-state index in [1.807, 2.05) is 0 Å². The van der Waals surface area contributed by atoms with Crippen LogP contribution in [0.2, 0.25) is 0 Å². The highest BCUT2D eigenvalue weighted by atomic mass is 19.4. The van der Waals surface area contributed by atoms with Crippen molar-refractivity contribution in [2.75, 3.05) is 37.8 Å². The van der Waals surface area contributed by atoms with E-state index < -0.39 is 29.5 Å². The summed E-state index contributed by atoms with van der Waals surface area (Å²) >= 11 is 0. The van der Waals surface area contributed by atoms with Gasteiger partial charge in [-0.1, -0.05) is 24.3 Å². The van der Waals surface area contributed by atoms with Gasteiger partial charge in [0.25, 0.3) is 5.56 Å². The van der Waals surface area contributed by atoms with E-state index in [1.54, 1.807) is 0 Å². The second kappa shape index (κ2) is 11.4. The molecule has 4 rings (SSSR count). The Labute approximate surface area is 213 Å². The number of nitrogens with zero attached hydrogens (tertiary/aromatic N) is 1. The minimum absolute atomic E-state index is 0.00404. The number of pyridine rings is 1. The SMILES string of the molecule is O=C(NCCOCCO)O/C=C1/CN(c2ccc3cc(-c4ccccc4C(F)(F)F)[nH]c(=O)c3c2)C(=O)O1. The van der Waals surface area contributed by atoms with Gasteiger partial charge in [-0.05, 0) is 29.7 Å². The predicted octanol–water partition coefficient (Wildman–Crippen LogP) is 3.75. The third-order valence-electron chi connectivity index (χ3n) is 5.47. The van der Waals surface area contributed by atoms with Gasteiger partial charge in [0, 0.05) is 28.9 Å². The van der Waals surface area contributed by atoms with Gasteiger partial charge in [-0.2, -0.15) is 13.2 Å². The molecule has 1 aliphatic rings. The maximum absolute atomic E-state index is 13.4. The van der Waals surface area contributed by atoms with Crippen LogP contribution in [-0.4, -0.2) is 55.2 Å². The van der Waals surface area contributed by atoms with Crippen LogP contribution >= 0.6 is 0 Å². The number of carbonyl (C=O) groups is 2. The summed E-state index contributed by atoms with van der Waals surface area (Å²) in [7, 11) is 0. The smallest absolute Gasteiger partial charge is 0.415 e. The van der Waals surface area contributed by atoms with E-state index in [2.05, 4.69) is 10.3 Å². The Balaban J connectivity index is 1.49. The topological polar surface area (TPSA) is 130 Å². The first-order valence-electron chi connectivity index (χ1n) is 11.3. The fourth-order valence-electron chi connectivity index (χ4n) is 3.76. The second-order valence-electron chi connectivity index (χ2n) is 8.03. The van der Waals surface area contributed by atoms with E-state index in [-0.39, 0.29) is 55.3 Å². The van der Waals surface area contributed by atoms with Crippen molar-refractivity contribution in [1.82, 2.24) is 10.3 Å². The summed E-state index contributed by atoms with van der Waals surface area (Å²) in [5.74, 6) is 0.0368. The first-order chi connectivity index (χ1) is 18.2. The van der Waals surface area contributed by atoms with Crippen molar-refractivity contribution < 1.29 is 42.1 Å². The molecule has 2 amide bonds. The molecule has 0 aliphatic carbocycles. The Morgan fingerprint density at radius 2 is 1.95 bits per heavy atom. The zero-order valence-electron chi connectivity index (χ0n) is 19.7. The van der Waals surface area contributed by atoms with Crippen LogP contribution in [-0.2, 0) is 20.4 Å². The van der Waals surface area contributed by atoms with Crippen molar-refractivity contribution in [3.63, 3.8) is 0 Å². The molecule has 200 valence electrons. The number of rotatable bonds is 8. The van der Waals surface area contributed by atoms with Gasteiger partial charge in [-0.15, -0.1) is 0 Å². The number of nitrogens with one attached hydrogen (secondary N) is 2. The van der Waals surface area contributed by atoms with E-state index in [0.29, 0.717) is 11.1 Å². The lowest BCUT2D eigenvalue weighted by Gasteiger charge is -2.15. The van der Waals surface area contributed by atoms with Crippen LogP contribution in [0.15, 0.2) is 65.3 Å². The molecule has 0 saturated carbocycles. The third-order valence-corrected chi connectivity index (χ3v) is 5.47. The number of cyclic esters (lactones) is 1. The Bertz CT molecular complexity index is 1440. The van der Waals surface area contributed by atoms with Gasteiger partial charge >= 0.3 is 18.4 Å². The van der Waals surface area contributed by atoms with Crippen LogP contribution < -0.4 is 15.8 Å². The van der Waals surface area contributed by atoms with Crippen molar-refractivity contribution in [3.8, 4) is 11.3 Å². The van der Waals surface area contributed by atoms with Gasteiger partial charge in [0.15, 0.2) is 5.76 Å². The van der Waals surface area contributed by atoms with Crippen molar-refractivity contribution >= 4 is 28.6 Å². The number of aliphatic hydroxyl groups excluding tert-OH is 1. The number of hydrogen-bond donors (Lipinski definition) is 3. The minimum atomic E-state index is -4.60. The summed E-state index contributed by atoms with van der Waals surface area (Å²) in [4.78, 5) is 40.6. The molecule has 13 heteroatoms. The van der Waals surface area contributed by atoms with Crippen LogP contribution in [0.1, 0.15) is 5.56 Å². The Morgan fingerprint density at radius 1 is 1.16 bits per heavy atom. The summed E-state index contributed by atoms with van der Waals surface area (Å²) in [6.07, 6.45) is -5.21. The van der Waals surface area contributed by atoms with Crippen LogP contribution in [0.4, 0.5) is 28.4 Å². The highest BCUT2D eigenvalue weighted by Crippen LogP contribution is 2.36. The molecule has 1 saturated heterocycles. The van der Waals surface area contributed by atoms with E-state index >= 15 is 0 Å². The summed E-state index contributed by atoms with van der Waals surface area (Å²) in [6, 6.07) is 10.8. The van der Waals surface area contributed by atoms with E-state index in [4.69, 9.17) is 19.3 Å². The number of alkyl carbamates (subject to hydrolysis) is 1. The van der Waals surface area contributed by atoms with Crippen LogP contribution in [0, 0.1) is 0 Å². The largest absolute Gasteiger partial charge is 0.420 e. The molecule has 38 heavy (non-hydrogen) atoms. The monoisotopic (exact) mass is 533 g/mol. The van der Waals surface area contributed by atoms with E-state index in [0.717, 1.165) is 12.3 Å². The lowest BCUT2D eigenvalue weighted by atomic mass is 10.0. The minimum Gasteiger partial charge on any atom is -0.415 e.